The number of imide groups is 1. The fraction of sp³-hybridized carbons (Fsp3) is 0.185. The molecule has 0 aromatic heterocycles. The van der Waals surface area contributed by atoms with Gasteiger partial charge in [0, 0.05) is 36.5 Å². The number of likely N-dealkylation sites (tertiary alicyclic amines) is 1. The third-order valence-corrected chi connectivity index (χ3v) is 6.07. The number of urea groups is 1. The Labute approximate surface area is 202 Å². The van der Waals surface area contributed by atoms with Gasteiger partial charge in [-0.3, -0.25) is 10.1 Å². The van der Waals surface area contributed by atoms with E-state index in [1.54, 1.807) is 36.5 Å². The molecule has 1 fully saturated rings. The van der Waals surface area contributed by atoms with E-state index in [0.717, 1.165) is 16.3 Å². The predicted octanol–water partition coefficient (Wildman–Crippen LogP) is 3.59. The van der Waals surface area contributed by atoms with Crippen molar-refractivity contribution in [2.45, 2.75) is 18.9 Å². The minimum Gasteiger partial charge on any atom is -0.402 e. The molecule has 2 aliphatic heterocycles. The Bertz CT molecular complexity index is 1340. The Kier molecular flexibility index (Phi) is 6.26. The highest BCUT2D eigenvalue weighted by molar-refractivity contribution is 6.16. The number of hydrogen-bond acceptors (Lipinski definition) is 6. The molecule has 0 unspecified atom stereocenters. The smallest absolute Gasteiger partial charge is 0.365 e. The van der Waals surface area contributed by atoms with E-state index >= 15 is 0 Å². The second-order valence-electron chi connectivity index (χ2n) is 8.45. The van der Waals surface area contributed by atoms with Crippen LogP contribution >= 0.6 is 0 Å². The molecule has 2 heterocycles. The minimum absolute atomic E-state index is 0.0708. The summed E-state index contributed by atoms with van der Waals surface area (Å²) in [6.45, 7) is 1.26. The summed E-state index contributed by atoms with van der Waals surface area (Å²) in [5.41, 5.74) is 1.46. The summed E-state index contributed by atoms with van der Waals surface area (Å²) in [4.78, 5) is 43.3. The Morgan fingerprint density at radius 2 is 1.66 bits per heavy atom. The summed E-state index contributed by atoms with van der Waals surface area (Å²) in [6, 6.07) is 21.7. The van der Waals surface area contributed by atoms with Gasteiger partial charge in [0.25, 0.3) is 5.91 Å². The highest BCUT2D eigenvalue weighted by Crippen LogP contribution is 2.24. The second kappa shape index (κ2) is 9.80. The Balaban J connectivity index is 1.18. The standard InChI is InChI=1S/C27H24N4O4/c32-24(19-8-2-1-3-9-19)30-27(34)28-20-13-15-31(16-14-20)17-23-26(33)35-25(29-23)22-12-6-10-18-7-4-5-11-21(18)22/h1-12,17,20H,13-16H2,(H2,28,30,32,34)/b23-17+. The summed E-state index contributed by atoms with van der Waals surface area (Å²) >= 11 is 0. The lowest BCUT2D eigenvalue weighted by molar-refractivity contribution is -0.130. The number of hydrogen-bond donors (Lipinski definition) is 2. The molecular formula is C27H24N4O4. The molecule has 1 saturated heterocycles. The minimum atomic E-state index is -0.514. The van der Waals surface area contributed by atoms with Gasteiger partial charge >= 0.3 is 12.0 Å². The lowest BCUT2D eigenvalue weighted by Crippen LogP contribution is -2.48. The molecular weight excluding hydrogens is 444 g/mol. The van der Waals surface area contributed by atoms with Gasteiger partial charge < -0.3 is 15.0 Å². The SMILES string of the molecule is O=C(NC(=O)c1ccccc1)NC1CCN(/C=C2/N=C(c3cccc4ccccc34)OC2=O)CC1. The Morgan fingerprint density at radius 1 is 0.943 bits per heavy atom. The van der Waals surface area contributed by atoms with Crippen molar-refractivity contribution in [3.8, 4) is 0 Å². The Morgan fingerprint density at radius 3 is 2.46 bits per heavy atom. The monoisotopic (exact) mass is 468 g/mol. The number of piperidine rings is 1. The van der Waals surface area contributed by atoms with Crippen molar-refractivity contribution in [1.82, 2.24) is 15.5 Å². The largest absolute Gasteiger partial charge is 0.402 e. The topological polar surface area (TPSA) is 100 Å². The van der Waals surface area contributed by atoms with Crippen LogP contribution in [0.5, 0.6) is 0 Å². The average molecular weight is 469 g/mol. The van der Waals surface area contributed by atoms with Crippen LogP contribution in [0.25, 0.3) is 10.8 Å². The lowest BCUT2D eigenvalue weighted by Gasteiger charge is -2.31. The molecule has 0 saturated carbocycles. The van der Waals surface area contributed by atoms with Crippen LogP contribution in [-0.4, -0.2) is 47.8 Å². The number of carbonyl (C=O) groups is 3. The van der Waals surface area contributed by atoms with E-state index in [0.29, 0.717) is 37.4 Å². The van der Waals surface area contributed by atoms with E-state index in [4.69, 9.17) is 4.74 Å². The fourth-order valence-electron chi connectivity index (χ4n) is 4.26. The molecule has 0 aliphatic carbocycles. The van der Waals surface area contributed by atoms with Crippen LogP contribution in [-0.2, 0) is 9.53 Å². The zero-order valence-electron chi connectivity index (χ0n) is 18.9. The normalized spacial score (nSPS) is 17.3. The number of rotatable bonds is 4. The van der Waals surface area contributed by atoms with Crippen LogP contribution in [0.15, 0.2) is 89.7 Å². The van der Waals surface area contributed by atoms with Gasteiger partial charge in [0.2, 0.25) is 5.90 Å². The van der Waals surface area contributed by atoms with Gasteiger partial charge in [-0.05, 0) is 41.8 Å². The number of esters is 1. The molecule has 35 heavy (non-hydrogen) atoms. The van der Waals surface area contributed by atoms with Gasteiger partial charge in [0.05, 0.1) is 0 Å². The number of nitrogens with zero attached hydrogens (tertiary/aromatic N) is 2. The molecule has 0 spiro atoms. The Hall–Kier alpha value is -4.46. The fourth-order valence-corrected chi connectivity index (χ4v) is 4.26. The van der Waals surface area contributed by atoms with Crippen molar-refractivity contribution < 1.29 is 19.1 Å². The molecule has 5 rings (SSSR count). The first-order valence-electron chi connectivity index (χ1n) is 11.5. The number of amides is 3. The van der Waals surface area contributed by atoms with Crippen molar-refractivity contribution >= 4 is 34.6 Å². The molecule has 8 nitrogen and oxygen atoms in total. The number of cyclic esters (lactones) is 1. The van der Waals surface area contributed by atoms with Crippen LogP contribution in [0.4, 0.5) is 4.79 Å². The maximum Gasteiger partial charge on any atom is 0.365 e. The van der Waals surface area contributed by atoms with Gasteiger partial charge in [0.15, 0.2) is 5.70 Å². The van der Waals surface area contributed by atoms with Gasteiger partial charge in [-0.1, -0.05) is 54.6 Å². The maximum absolute atomic E-state index is 12.5. The number of fused-ring (bicyclic) bond motifs is 1. The van der Waals surface area contributed by atoms with Crippen LogP contribution in [0.3, 0.4) is 0 Å². The molecule has 0 bridgehead atoms. The summed E-state index contributed by atoms with van der Waals surface area (Å²) in [7, 11) is 0. The molecule has 3 amide bonds. The van der Waals surface area contributed by atoms with Crippen molar-refractivity contribution in [2.75, 3.05) is 13.1 Å². The zero-order valence-corrected chi connectivity index (χ0v) is 18.9. The first kappa shape index (κ1) is 22.3. The molecule has 0 radical (unpaired) electrons. The molecule has 3 aromatic carbocycles. The number of carbonyl (C=O) groups excluding carboxylic acids is 3. The van der Waals surface area contributed by atoms with Crippen LogP contribution in [0, 0.1) is 0 Å². The van der Waals surface area contributed by atoms with Gasteiger partial charge in [0.1, 0.15) is 0 Å². The van der Waals surface area contributed by atoms with Crippen molar-refractivity contribution in [3.05, 3.63) is 95.8 Å². The van der Waals surface area contributed by atoms with Crippen LogP contribution in [0.1, 0.15) is 28.8 Å². The molecule has 8 heteroatoms. The van der Waals surface area contributed by atoms with Crippen LogP contribution in [0.2, 0.25) is 0 Å². The first-order valence-corrected chi connectivity index (χ1v) is 11.5. The van der Waals surface area contributed by atoms with Gasteiger partial charge in [-0.2, -0.15) is 0 Å². The number of aliphatic imine (C=N–C) groups is 1. The van der Waals surface area contributed by atoms with E-state index in [1.165, 1.54) is 0 Å². The van der Waals surface area contributed by atoms with E-state index in [-0.39, 0.29) is 11.7 Å². The van der Waals surface area contributed by atoms with E-state index in [1.807, 2.05) is 47.4 Å². The van der Waals surface area contributed by atoms with Crippen molar-refractivity contribution in [1.29, 1.82) is 0 Å². The maximum atomic E-state index is 12.5. The first-order chi connectivity index (χ1) is 17.1. The quantitative estimate of drug-likeness (QED) is 0.450. The third-order valence-electron chi connectivity index (χ3n) is 6.07. The van der Waals surface area contributed by atoms with Gasteiger partial charge in [-0.25, -0.2) is 14.6 Å². The molecule has 3 aromatic rings. The predicted molar refractivity (Wildman–Crippen MR) is 132 cm³/mol. The number of ether oxygens (including phenoxy) is 1. The highest BCUT2D eigenvalue weighted by Gasteiger charge is 2.27. The lowest BCUT2D eigenvalue weighted by atomic mass is 10.0. The van der Waals surface area contributed by atoms with Crippen molar-refractivity contribution in [3.63, 3.8) is 0 Å². The number of benzene rings is 3. The number of nitrogens with one attached hydrogen (secondary N) is 2. The summed E-state index contributed by atoms with van der Waals surface area (Å²) < 4.78 is 5.48. The zero-order chi connectivity index (χ0) is 24.2. The van der Waals surface area contributed by atoms with Crippen molar-refractivity contribution in [2.24, 2.45) is 4.99 Å². The van der Waals surface area contributed by atoms with E-state index in [2.05, 4.69) is 15.6 Å². The average Bonchev–Trinajstić information content (AvgIpc) is 3.25. The summed E-state index contributed by atoms with van der Waals surface area (Å²) in [5, 5.41) is 7.23. The molecule has 2 N–H and O–H groups in total. The van der Waals surface area contributed by atoms with E-state index in [9.17, 15) is 14.4 Å². The third kappa shape index (κ3) is 5.06. The summed E-state index contributed by atoms with van der Waals surface area (Å²) in [5.74, 6) is -0.619. The molecule has 176 valence electrons. The summed E-state index contributed by atoms with van der Waals surface area (Å²) in [6.07, 6.45) is 3.06. The van der Waals surface area contributed by atoms with E-state index < -0.39 is 17.9 Å². The van der Waals surface area contributed by atoms with Gasteiger partial charge in [-0.15, -0.1) is 0 Å². The molecule has 0 atom stereocenters. The highest BCUT2D eigenvalue weighted by atomic mass is 16.6. The second-order valence-corrected chi connectivity index (χ2v) is 8.45. The van der Waals surface area contributed by atoms with Crippen LogP contribution < -0.4 is 10.6 Å². The molecule has 2 aliphatic rings.